The van der Waals surface area contributed by atoms with Crippen molar-refractivity contribution < 1.29 is 4.39 Å². The molecule has 0 amide bonds. The summed E-state index contributed by atoms with van der Waals surface area (Å²) in [7, 11) is 0. The molecule has 2 aromatic rings. The summed E-state index contributed by atoms with van der Waals surface area (Å²) in [5.41, 5.74) is 1.61. The van der Waals surface area contributed by atoms with E-state index in [1.807, 2.05) is 10.8 Å². The molecule has 1 aromatic heterocycles. The minimum atomic E-state index is -0.233. The molecule has 18 heavy (non-hydrogen) atoms. The first kappa shape index (κ1) is 11.9. The molecule has 1 aliphatic rings. The molecule has 0 radical (unpaired) electrons. The van der Waals surface area contributed by atoms with Crippen LogP contribution in [0.4, 0.5) is 4.39 Å². The average Bonchev–Trinajstić information content (AvgIpc) is 3.00. The predicted octanol–water partition coefficient (Wildman–Crippen LogP) is 2.85. The highest BCUT2D eigenvalue weighted by atomic mass is 79.9. The van der Waals surface area contributed by atoms with E-state index in [-0.39, 0.29) is 5.82 Å². The van der Waals surface area contributed by atoms with Crippen LogP contribution in [0.25, 0.3) is 5.69 Å². The van der Waals surface area contributed by atoms with Gasteiger partial charge in [-0.1, -0.05) is 15.9 Å². The number of aromatic nitrogens is 2. The number of nitrogens with zero attached hydrogens (tertiary/aromatic N) is 2. The summed E-state index contributed by atoms with van der Waals surface area (Å²) in [5, 5.41) is 3.32. The van der Waals surface area contributed by atoms with Crippen molar-refractivity contribution in [2.75, 3.05) is 13.1 Å². The van der Waals surface area contributed by atoms with Gasteiger partial charge in [0.1, 0.15) is 5.82 Å². The van der Waals surface area contributed by atoms with Crippen LogP contribution < -0.4 is 5.32 Å². The Morgan fingerprint density at radius 1 is 1.44 bits per heavy atom. The molecule has 0 spiro atoms. The fourth-order valence-electron chi connectivity index (χ4n) is 2.39. The van der Waals surface area contributed by atoms with Crippen LogP contribution >= 0.6 is 15.9 Å². The summed E-state index contributed by atoms with van der Waals surface area (Å²) in [5.74, 6) is 0.175. The molecule has 5 heteroatoms. The minimum Gasteiger partial charge on any atom is -0.316 e. The largest absolute Gasteiger partial charge is 0.316 e. The first-order valence-electron chi connectivity index (χ1n) is 5.94. The van der Waals surface area contributed by atoms with Crippen LogP contribution in [0.2, 0.25) is 0 Å². The van der Waals surface area contributed by atoms with E-state index in [9.17, 15) is 4.39 Å². The Labute approximate surface area is 113 Å². The van der Waals surface area contributed by atoms with E-state index in [2.05, 4.69) is 26.2 Å². The van der Waals surface area contributed by atoms with Gasteiger partial charge in [-0.05, 0) is 31.2 Å². The number of rotatable bonds is 2. The van der Waals surface area contributed by atoms with E-state index in [0.29, 0.717) is 11.6 Å². The second-order valence-electron chi connectivity index (χ2n) is 4.47. The highest BCUT2D eigenvalue weighted by Crippen LogP contribution is 2.27. The van der Waals surface area contributed by atoms with E-state index in [1.54, 1.807) is 18.5 Å². The van der Waals surface area contributed by atoms with Gasteiger partial charge in [-0.15, -0.1) is 0 Å². The summed E-state index contributed by atoms with van der Waals surface area (Å²) in [4.78, 5) is 4.17. The number of nitrogens with one attached hydrogen (secondary N) is 1. The molecule has 1 fully saturated rings. The van der Waals surface area contributed by atoms with Crippen molar-refractivity contribution in [3.63, 3.8) is 0 Å². The Morgan fingerprint density at radius 2 is 2.33 bits per heavy atom. The Kier molecular flexibility index (Phi) is 3.18. The van der Waals surface area contributed by atoms with Crippen molar-refractivity contribution in [1.29, 1.82) is 0 Å². The Bertz CT molecular complexity index is 561. The predicted molar refractivity (Wildman–Crippen MR) is 71.4 cm³/mol. The van der Waals surface area contributed by atoms with E-state index < -0.39 is 0 Å². The van der Waals surface area contributed by atoms with Gasteiger partial charge >= 0.3 is 0 Å². The maximum Gasteiger partial charge on any atom is 0.147 e. The fraction of sp³-hybridized carbons (Fsp3) is 0.308. The van der Waals surface area contributed by atoms with Crippen LogP contribution in [0.15, 0.2) is 35.2 Å². The van der Waals surface area contributed by atoms with Crippen molar-refractivity contribution >= 4 is 15.9 Å². The monoisotopic (exact) mass is 309 g/mol. The molecule has 3 nitrogen and oxygen atoms in total. The van der Waals surface area contributed by atoms with Crippen LogP contribution in [-0.4, -0.2) is 22.6 Å². The van der Waals surface area contributed by atoms with Gasteiger partial charge in [0, 0.05) is 28.8 Å². The number of hydrogen-bond donors (Lipinski definition) is 1. The molecule has 1 unspecified atom stereocenters. The minimum absolute atomic E-state index is 0.233. The van der Waals surface area contributed by atoms with Crippen LogP contribution in [0, 0.1) is 5.82 Å². The number of imidazole rings is 1. The lowest BCUT2D eigenvalue weighted by Crippen LogP contribution is -2.11. The number of hydrogen-bond acceptors (Lipinski definition) is 2. The van der Waals surface area contributed by atoms with Gasteiger partial charge in [0.25, 0.3) is 0 Å². The standard InChI is InChI=1S/C13H13BrFN3/c14-10-1-2-11(15)12(5-10)18-8-17-7-13(18)9-3-4-16-6-9/h1-2,5,7-9,16H,3-4,6H2. The van der Waals surface area contributed by atoms with Crippen LogP contribution in [0.3, 0.4) is 0 Å². The third-order valence-electron chi connectivity index (χ3n) is 3.31. The van der Waals surface area contributed by atoms with Crippen molar-refractivity contribution in [3.8, 4) is 5.69 Å². The van der Waals surface area contributed by atoms with Gasteiger partial charge in [-0.2, -0.15) is 0 Å². The maximum absolute atomic E-state index is 13.9. The Morgan fingerprint density at radius 3 is 3.11 bits per heavy atom. The molecular formula is C13H13BrFN3. The second kappa shape index (κ2) is 4.82. The lowest BCUT2D eigenvalue weighted by Gasteiger charge is -2.13. The molecule has 94 valence electrons. The zero-order chi connectivity index (χ0) is 12.5. The van der Waals surface area contributed by atoms with Gasteiger partial charge in [-0.3, -0.25) is 4.57 Å². The van der Waals surface area contributed by atoms with E-state index in [4.69, 9.17) is 0 Å². The first-order chi connectivity index (χ1) is 8.75. The van der Waals surface area contributed by atoms with Crippen molar-refractivity contribution in [2.24, 2.45) is 0 Å². The third-order valence-corrected chi connectivity index (χ3v) is 3.81. The summed E-state index contributed by atoms with van der Waals surface area (Å²) < 4.78 is 16.6. The third kappa shape index (κ3) is 2.08. The van der Waals surface area contributed by atoms with Crippen molar-refractivity contribution in [2.45, 2.75) is 12.3 Å². The van der Waals surface area contributed by atoms with Gasteiger partial charge in [0.05, 0.1) is 12.0 Å². The zero-order valence-electron chi connectivity index (χ0n) is 9.74. The normalized spacial score (nSPS) is 19.3. The highest BCUT2D eigenvalue weighted by molar-refractivity contribution is 9.10. The lowest BCUT2D eigenvalue weighted by molar-refractivity contribution is 0.610. The first-order valence-corrected chi connectivity index (χ1v) is 6.73. The quantitative estimate of drug-likeness (QED) is 0.924. The molecule has 0 saturated carbocycles. The summed E-state index contributed by atoms with van der Waals surface area (Å²) in [6.07, 6.45) is 4.58. The van der Waals surface area contributed by atoms with Gasteiger partial charge in [0.15, 0.2) is 0 Å². The van der Waals surface area contributed by atoms with Crippen LogP contribution in [0.1, 0.15) is 18.0 Å². The molecule has 3 rings (SSSR count). The number of benzene rings is 1. The van der Waals surface area contributed by atoms with Gasteiger partial charge < -0.3 is 5.32 Å². The zero-order valence-corrected chi connectivity index (χ0v) is 11.3. The SMILES string of the molecule is Fc1ccc(Br)cc1-n1cncc1C1CCNC1. The molecule has 1 atom stereocenters. The summed E-state index contributed by atoms with van der Waals surface area (Å²) in [6.45, 7) is 1.94. The van der Waals surface area contributed by atoms with Gasteiger partial charge in [-0.25, -0.2) is 9.37 Å². The van der Waals surface area contributed by atoms with E-state index >= 15 is 0 Å². The summed E-state index contributed by atoms with van der Waals surface area (Å²) in [6, 6.07) is 4.95. The molecule has 1 N–H and O–H groups in total. The Balaban J connectivity index is 2.06. The van der Waals surface area contributed by atoms with E-state index in [0.717, 1.165) is 29.7 Å². The molecular weight excluding hydrogens is 297 g/mol. The Hall–Kier alpha value is -1.20. The topological polar surface area (TPSA) is 29.9 Å². The maximum atomic E-state index is 13.9. The molecule has 0 bridgehead atoms. The van der Waals surface area contributed by atoms with E-state index in [1.165, 1.54) is 6.07 Å². The van der Waals surface area contributed by atoms with Crippen LogP contribution in [-0.2, 0) is 0 Å². The molecule has 0 aliphatic carbocycles. The van der Waals surface area contributed by atoms with Crippen molar-refractivity contribution in [3.05, 3.63) is 46.7 Å². The fourth-order valence-corrected chi connectivity index (χ4v) is 2.74. The molecule has 1 aromatic carbocycles. The highest BCUT2D eigenvalue weighted by Gasteiger charge is 2.21. The molecule has 1 saturated heterocycles. The average molecular weight is 310 g/mol. The summed E-state index contributed by atoms with van der Waals surface area (Å²) >= 11 is 3.38. The number of halogens is 2. The smallest absolute Gasteiger partial charge is 0.147 e. The molecule has 1 aliphatic heterocycles. The second-order valence-corrected chi connectivity index (χ2v) is 5.39. The van der Waals surface area contributed by atoms with Gasteiger partial charge in [0.2, 0.25) is 0 Å². The van der Waals surface area contributed by atoms with Crippen molar-refractivity contribution in [1.82, 2.24) is 14.9 Å². The molecule has 2 heterocycles. The van der Waals surface area contributed by atoms with Crippen LogP contribution in [0.5, 0.6) is 0 Å². The lowest BCUT2D eigenvalue weighted by atomic mass is 10.1.